The number of aliphatic hydroxyl groups excluding tert-OH is 1. The standard InChI is InChI=1S/C30H48O3/c1-19(9-8-10-20(2)26(32)33)21-13-17-30(7)23-11-12-24-27(3,4)25(31)15-16-28(24,5)22(23)14-18-29(21,30)6/h10-11,19,21-22,24-25,31H,8-9,12-18H2,1-7H3,(H,32,33)/b20-10+/t19-,21-,22?,24?,25?,28-,29+,30-/m1/s1. The molecule has 0 aromatic heterocycles. The first-order chi connectivity index (χ1) is 15.3. The maximum absolute atomic E-state index is 11.1. The van der Waals surface area contributed by atoms with E-state index in [0.717, 1.165) is 32.1 Å². The van der Waals surface area contributed by atoms with Crippen LogP contribution >= 0.6 is 0 Å². The summed E-state index contributed by atoms with van der Waals surface area (Å²) in [4.78, 5) is 11.1. The van der Waals surface area contributed by atoms with Crippen molar-refractivity contribution in [3.63, 3.8) is 0 Å². The number of rotatable bonds is 5. The third-order valence-corrected chi connectivity index (χ3v) is 12.0. The third-order valence-electron chi connectivity index (χ3n) is 12.0. The zero-order valence-electron chi connectivity index (χ0n) is 22.2. The van der Waals surface area contributed by atoms with E-state index in [1.807, 2.05) is 6.08 Å². The van der Waals surface area contributed by atoms with Crippen molar-refractivity contribution < 1.29 is 15.0 Å². The summed E-state index contributed by atoms with van der Waals surface area (Å²) in [7, 11) is 0. The minimum Gasteiger partial charge on any atom is -0.478 e. The number of fused-ring (bicyclic) bond motifs is 5. The highest BCUT2D eigenvalue weighted by molar-refractivity contribution is 5.85. The maximum atomic E-state index is 11.1. The zero-order chi connectivity index (χ0) is 24.4. The van der Waals surface area contributed by atoms with Crippen molar-refractivity contribution in [1.82, 2.24) is 0 Å². The topological polar surface area (TPSA) is 57.5 Å². The molecule has 3 nitrogen and oxygen atoms in total. The van der Waals surface area contributed by atoms with Crippen LogP contribution in [0.5, 0.6) is 0 Å². The zero-order valence-corrected chi connectivity index (χ0v) is 22.2. The van der Waals surface area contributed by atoms with Crippen LogP contribution in [0.15, 0.2) is 23.3 Å². The molecular weight excluding hydrogens is 408 g/mol. The summed E-state index contributed by atoms with van der Waals surface area (Å²) in [6, 6.07) is 0. The molecule has 4 aliphatic carbocycles. The first-order valence-electron chi connectivity index (χ1n) is 13.6. The van der Waals surface area contributed by atoms with E-state index in [9.17, 15) is 9.90 Å². The molecule has 0 amide bonds. The van der Waals surface area contributed by atoms with Crippen LogP contribution in [0.3, 0.4) is 0 Å². The van der Waals surface area contributed by atoms with E-state index in [1.165, 1.54) is 25.7 Å². The van der Waals surface area contributed by atoms with E-state index in [2.05, 4.69) is 47.6 Å². The fourth-order valence-electron chi connectivity index (χ4n) is 9.50. The molecule has 0 spiro atoms. The summed E-state index contributed by atoms with van der Waals surface area (Å²) in [5.41, 5.74) is 3.13. The van der Waals surface area contributed by atoms with Crippen LogP contribution in [0.2, 0.25) is 0 Å². The van der Waals surface area contributed by atoms with Crippen LogP contribution in [0.1, 0.15) is 106 Å². The average molecular weight is 457 g/mol. The van der Waals surface area contributed by atoms with Crippen LogP contribution < -0.4 is 0 Å². The molecule has 3 saturated carbocycles. The van der Waals surface area contributed by atoms with Gasteiger partial charge in [-0.15, -0.1) is 0 Å². The van der Waals surface area contributed by atoms with Gasteiger partial charge in [0.1, 0.15) is 0 Å². The van der Waals surface area contributed by atoms with Crippen molar-refractivity contribution in [3.8, 4) is 0 Å². The molecule has 186 valence electrons. The minimum atomic E-state index is -0.796. The highest BCUT2D eigenvalue weighted by Crippen LogP contribution is 2.73. The molecular formula is C30H48O3. The second kappa shape index (κ2) is 8.25. The molecule has 8 atom stereocenters. The lowest BCUT2D eigenvalue weighted by Gasteiger charge is -2.64. The summed E-state index contributed by atoms with van der Waals surface area (Å²) >= 11 is 0. The molecule has 0 aliphatic heterocycles. The first-order valence-corrected chi connectivity index (χ1v) is 13.6. The predicted octanol–water partition coefficient (Wildman–Crippen LogP) is 7.40. The largest absolute Gasteiger partial charge is 0.478 e. The Morgan fingerprint density at radius 2 is 1.82 bits per heavy atom. The lowest BCUT2D eigenvalue weighted by Crippen LogP contribution is -2.58. The van der Waals surface area contributed by atoms with Gasteiger partial charge in [0.2, 0.25) is 0 Å². The number of carboxylic acids is 1. The van der Waals surface area contributed by atoms with Gasteiger partial charge in [-0.3, -0.25) is 0 Å². The van der Waals surface area contributed by atoms with Gasteiger partial charge in [0.05, 0.1) is 6.10 Å². The Morgan fingerprint density at radius 3 is 2.48 bits per heavy atom. The van der Waals surface area contributed by atoms with Crippen LogP contribution in [0, 0.1) is 45.3 Å². The summed E-state index contributed by atoms with van der Waals surface area (Å²) in [5, 5.41) is 20.0. The predicted molar refractivity (Wildman–Crippen MR) is 135 cm³/mol. The van der Waals surface area contributed by atoms with Gasteiger partial charge in [0.25, 0.3) is 0 Å². The van der Waals surface area contributed by atoms with Gasteiger partial charge in [0, 0.05) is 5.57 Å². The van der Waals surface area contributed by atoms with Gasteiger partial charge < -0.3 is 10.2 Å². The Kier molecular flexibility index (Phi) is 6.25. The molecule has 3 heteroatoms. The molecule has 0 radical (unpaired) electrons. The Morgan fingerprint density at radius 1 is 1.12 bits per heavy atom. The van der Waals surface area contributed by atoms with Crippen LogP contribution in [0.4, 0.5) is 0 Å². The van der Waals surface area contributed by atoms with Crippen molar-refractivity contribution in [2.24, 2.45) is 45.3 Å². The highest BCUT2D eigenvalue weighted by atomic mass is 16.4. The molecule has 0 saturated heterocycles. The quantitative estimate of drug-likeness (QED) is 0.335. The molecule has 0 aromatic rings. The van der Waals surface area contributed by atoms with Gasteiger partial charge in [-0.05, 0) is 110 Å². The molecule has 0 aromatic carbocycles. The van der Waals surface area contributed by atoms with Gasteiger partial charge in [-0.25, -0.2) is 4.79 Å². The number of hydrogen-bond donors (Lipinski definition) is 2. The van der Waals surface area contributed by atoms with Gasteiger partial charge >= 0.3 is 5.97 Å². The van der Waals surface area contributed by atoms with Crippen LogP contribution in [0.25, 0.3) is 0 Å². The molecule has 33 heavy (non-hydrogen) atoms. The van der Waals surface area contributed by atoms with E-state index >= 15 is 0 Å². The summed E-state index contributed by atoms with van der Waals surface area (Å²) in [6.07, 6.45) is 14.7. The normalized spacial score (nSPS) is 45.5. The number of carbonyl (C=O) groups is 1. The molecule has 2 N–H and O–H groups in total. The second-order valence-corrected chi connectivity index (χ2v) is 13.6. The van der Waals surface area contributed by atoms with Crippen molar-refractivity contribution in [3.05, 3.63) is 23.3 Å². The summed E-state index contributed by atoms with van der Waals surface area (Å²) in [6.45, 7) is 16.5. The van der Waals surface area contributed by atoms with E-state index in [1.54, 1.807) is 12.5 Å². The van der Waals surface area contributed by atoms with E-state index < -0.39 is 5.97 Å². The highest BCUT2D eigenvalue weighted by Gasteiger charge is 2.65. The average Bonchev–Trinajstić information content (AvgIpc) is 3.02. The van der Waals surface area contributed by atoms with Gasteiger partial charge in [-0.2, -0.15) is 0 Å². The first kappa shape index (κ1) is 25.0. The van der Waals surface area contributed by atoms with Crippen molar-refractivity contribution in [2.75, 3.05) is 0 Å². The van der Waals surface area contributed by atoms with Crippen molar-refractivity contribution >= 4 is 5.97 Å². The number of carboxylic acid groups (broad SMARTS) is 1. The number of hydrogen-bond acceptors (Lipinski definition) is 2. The van der Waals surface area contributed by atoms with Crippen LogP contribution in [-0.2, 0) is 4.79 Å². The van der Waals surface area contributed by atoms with E-state index in [-0.39, 0.29) is 16.9 Å². The number of aliphatic hydroxyl groups is 1. The molecule has 3 unspecified atom stereocenters. The second-order valence-electron chi connectivity index (χ2n) is 13.6. The fourth-order valence-corrected chi connectivity index (χ4v) is 9.50. The molecule has 4 aliphatic rings. The Bertz CT molecular complexity index is 853. The lowest BCUT2D eigenvalue weighted by atomic mass is 9.41. The molecule has 3 fully saturated rings. The maximum Gasteiger partial charge on any atom is 0.330 e. The number of aliphatic carboxylic acids is 1. The minimum absolute atomic E-state index is 0.00892. The van der Waals surface area contributed by atoms with Gasteiger partial charge in [-0.1, -0.05) is 59.3 Å². The van der Waals surface area contributed by atoms with Gasteiger partial charge in [0.15, 0.2) is 0 Å². The van der Waals surface area contributed by atoms with E-state index in [0.29, 0.717) is 40.1 Å². The van der Waals surface area contributed by atoms with Crippen molar-refractivity contribution in [2.45, 2.75) is 112 Å². The Balaban J connectivity index is 1.58. The Labute approximate surface area is 202 Å². The lowest BCUT2D eigenvalue weighted by molar-refractivity contribution is -0.132. The summed E-state index contributed by atoms with van der Waals surface area (Å²) < 4.78 is 0. The fraction of sp³-hybridized carbons (Fsp3) is 0.833. The number of allylic oxidation sites excluding steroid dienone is 3. The van der Waals surface area contributed by atoms with Crippen LogP contribution in [-0.4, -0.2) is 22.3 Å². The smallest absolute Gasteiger partial charge is 0.330 e. The Hall–Kier alpha value is -1.09. The molecule has 4 rings (SSSR count). The molecule has 0 bridgehead atoms. The summed E-state index contributed by atoms with van der Waals surface area (Å²) in [5.74, 6) is 1.75. The monoisotopic (exact) mass is 456 g/mol. The third kappa shape index (κ3) is 3.58. The SMILES string of the molecule is C/C(=C\CC[C@@H](C)[C@H]1CC[C@]2(C)C3=CCC4C(C)(C)C(O)CC[C@]4(C)C3CC[C@@]12C)C(=O)O. The molecule has 0 heterocycles. The van der Waals surface area contributed by atoms with E-state index in [4.69, 9.17) is 5.11 Å². The van der Waals surface area contributed by atoms with Crippen molar-refractivity contribution in [1.29, 1.82) is 0 Å².